The Morgan fingerprint density at radius 2 is 1.70 bits per heavy atom. The Bertz CT molecular complexity index is 633. The highest BCUT2D eigenvalue weighted by atomic mass is 15.1. The van der Waals surface area contributed by atoms with E-state index in [1.807, 2.05) is 0 Å². The molecule has 2 aromatic rings. The molecule has 0 spiro atoms. The van der Waals surface area contributed by atoms with Crippen molar-refractivity contribution >= 4 is 5.69 Å². The molecule has 2 aliphatic heterocycles. The first-order chi connectivity index (χ1) is 9.92. The van der Waals surface area contributed by atoms with Crippen LogP contribution in [-0.4, -0.2) is 13.1 Å². The van der Waals surface area contributed by atoms with Crippen LogP contribution in [0.1, 0.15) is 22.3 Å². The Morgan fingerprint density at radius 3 is 2.65 bits per heavy atom. The summed E-state index contributed by atoms with van der Waals surface area (Å²) in [5.74, 6) is 0. The van der Waals surface area contributed by atoms with E-state index in [2.05, 4.69) is 52.7 Å². The molecule has 0 bridgehead atoms. The van der Waals surface area contributed by atoms with E-state index in [0.29, 0.717) is 0 Å². The third-order valence-electron chi connectivity index (χ3n) is 4.59. The molecule has 2 heterocycles. The molecule has 0 atom stereocenters. The largest absolute Gasteiger partial charge is 0.367 e. The fourth-order valence-corrected chi connectivity index (χ4v) is 3.51. The van der Waals surface area contributed by atoms with E-state index >= 15 is 0 Å². The van der Waals surface area contributed by atoms with Crippen molar-refractivity contribution in [2.75, 3.05) is 18.0 Å². The highest BCUT2D eigenvalue weighted by Gasteiger charge is 2.20. The standard InChI is InChI=1S/C18H20N2/c1-2-5-16-13-20(11-9-14(16)4-1)18-7-3-6-15-12-19-10-8-17(15)18/h1-7,19H,8-13H2. The zero-order valence-electron chi connectivity index (χ0n) is 11.7. The molecule has 2 nitrogen and oxygen atoms in total. The monoisotopic (exact) mass is 264 g/mol. The van der Waals surface area contributed by atoms with Crippen molar-refractivity contribution in [1.82, 2.24) is 5.32 Å². The van der Waals surface area contributed by atoms with Gasteiger partial charge in [0.05, 0.1) is 0 Å². The first-order valence-corrected chi connectivity index (χ1v) is 7.55. The van der Waals surface area contributed by atoms with Gasteiger partial charge in [0.1, 0.15) is 0 Å². The van der Waals surface area contributed by atoms with Crippen LogP contribution in [-0.2, 0) is 25.9 Å². The Kier molecular flexibility index (Phi) is 2.96. The number of hydrogen-bond donors (Lipinski definition) is 1. The van der Waals surface area contributed by atoms with Crippen molar-refractivity contribution in [2.24, 2.45) is 0 Å². The van der Waals surface area contributed by atoms with Crippen molar-refractivity contribution in [3.8, 4) is 0 Å². The van der Waals surface area contributed by atoms with Crippen LogP contribution in [0.2, 0.25) is 0 Å². The summed E-state index contributed by atoms with van der Waals surface area (Å²) in [6.07, 6.45) is 2.32. The summed E-state index contributed by atoms with van der Waals surface area (Å²) in [5.41, 5.74) is 7.51. The second-order valence-corrected chi connectivity index (χ2v) is 5.78. The molecule has 1 N–H and O–H groups in total. The third kappa shape index (κ3) is 2.01. The lowest BCUT2D eigenvalue weighted by atomic mass is 9.95. The SMILES string of the molecule is c1ccc2c(c1)CCN(c1cccc3c1CCNC3)C2. The van der Waals surface area contributed by atoms with Crippen LogP contribution >= 0.6 is 0 Å². The number of nitrogens with one attached hydrogen (secondary N) is 1. The molecular formula is C18H20N2. The van der Waals surface area contributed by atoms with Gasteiger partial charge in [0.2, 0.25) is 0 Å². The van der Waals surface area contributed by atoms with Crippen molar-refractivity contribution < 1.29 is 0 Å². The summed E-state index contributed by atoms with van der Waals surface area (Å²) in [7, 11) is 0. The zero-order valence-corrected chi connectivity index (χ0v) is 11.7. The van der Waals surface area contributed by atoms with E-state index < -0.39 is 0 Å². The van der Waals surface area contributed by atoms with Gasteiger partial charge in [0, 0.05) is 25.3 Å². The smallest absolute Gasteiger partial charge is 0.0432 e. The average Bonchev–Trinajstić information content (AvgIpc) is 2.54. The van der Waals surface area contributed by atoms with Gasteiger partial charge >= 0.3 is 0 Å². The van der Waals surface area contributed by atoms with Crippen molar-refractivity contribution in [2.45, 2.75) is 25.9 Å². The lowest BCUT2D eigenvalue weighted by Gasteiger charge is -2.34. The van der Waals surface area contributed by atoms with E-state index in [9.17, 15) is 0 Å². The van der Waals surface area contributed by atoms with Crippen molar-refractivity contribution in [3.05, 3.63) is 64.7 Å². The molecule has 0 unspecified atom stereocenters. The van der Waals surface area contributed by atoms with Gasteiger partial charge in [0.15, 0.2) is 0 Å². The predicted octanol–water partition coefficient (Wildman–Crippen LogP) is 2.90. The van der Waals surface area contributed by atoms with E-state index in [4.69, 9.17) is 0 Å². The van der Waals surface area contributed by atoms with Crippen LogP contribution < -0.4 is 10.2 Å². The minimum absolute atomic E-state index is 1.02. The molecule has 4 rings (SSSR count). The van der Waals surface area contributed by atoms with Crippen molar-refractivity contribution in [1.29, 1.82) is 0 Å². The van der Waals surface area contributed by atoms with Crippen LogP contribution in [0.3, 0.4) is 0 Å². The fraction of sp³-hybridized carbons (Fsp3) is 0.333. The molecule has 0 radical (unpaired) electrons. The summed E-state index contributed by atoms with van der Waals surface area (Å²) in [5, 5.41) is 3.47. The fourth-order valence-electron chi connectivity index (χ4n) is 3.51. The van der Waals surface area contributed by atoms with Crippen LogP contribution in [0.5, 0.6) is 0 Å². The highest BCUT2D eigenvalue weighted by Crippen LogP contribution is 2.30. The van der Waals surface area contributed by atoms with Crippen LogP contribution in [0.4, 0.5) is 5.69 Å². The normalized spacial score (nSPS) is 17.5. The summed E-state index contributed by atoms with van der Waals surface area (Å²) in [6.45, 7) is 4.32. The number of nitrogens with zero attached hydrogens (tertiary/aromatic N) is 1. The minimum Gasteiger partial charge on any atom is -0.367 e. The number of benzene rings is 2. The van der Waals surface area contributed by atoms with E-state index in [-0.39, 0.29) is 0 Å². The Hall–Kier alpha value is -1.80. The molecule has 0 amide bonds. The van der Waals surface area contributed by atoms with E-state index in [0.717, 1.165) is 39.0 Å². The number of rotatable bonds is 1. The molecule has 102 valence electrons. The molecule has 2 aliphatic rings. The molecule has 0 saturated carbocycles. The van der Waals surface area contributed by atoms with E-state index in [1.165, 1.54) is 22.4 Å². The number of hydrogen-bond acceptors (Lipinski definition) is 2. The third-order valence-corrected chi connectivity index (χ3v) is 4.59. The summed E-state index contributed by atoms with van der Waals surface area (Å²) in [6, 6.07) is 15.6. The van der Waals surface area contributed by atoms with Gasteiger partial charge in [0.25, 0.3) is 0 Å². The second-order valence-electron chi connectivity index (χ2n) is 5.78. The Labute approximate surface area is 120 Å². The average molecular weight is 264 g/mol. The lowest BCUT2D eigenvalue weighted by molar-refractivity contribution is 0.637. The van der Waals surface area contributed by atoms with Crippen molar-refractivity contribution in [3.63, 3.8) is 0 Å². The Morgan fingerprint density at radius 1 is 0.850 bits per heavy atom. The molecule has 20 heavy (non-hydrogen) atoms. The van der Waals surface area contributed by atoms with Gasteiger partial charge in [-0.1, -0.05) is 36.4 Å². The van der Waals surface area contributed by atoms with Gasteiger partial charge in [-0.15, -0.1) is 0 Å². The summed E-state index contributed by atoms with van der Waals surface area (Å²) in [4.78, 5) is 2.56. The van der Waals surface area contributed by atoms with Gasteiger partial charge in [-0.2, -0.15) is 0 Å². The molecule has 2 heteroatoms. The van der Waals surface area contributed by atoms with Crippen LogP contribution in [0.15, 0.2) is 42.5 Å². The maximum absolute atomic E-state index is 3.47. The first kappa shape index (κ1) is 12.0. The highest BCUT2D eigenvalue weighted by molar-refractivity contribution is 5.59. The molecule has 2 aromatic carbocycles. The van der Waals surface area contributed by atoms with Gasteiger partial charge in [-0.25, -0.2) is 0 Å². The van der Waals surface area contributed by atoms with E-state index in [1.54, 1.807) is 5.56 Å². The summed E-state index contributed by atoms with van der Waals surface area (Å²) < 4.78 is 0. The Balaban J connectivity index is 1.70. The topological polar surface area (TPSA) is 15.3 Å². The zero-order chi connectivity index (χ0) is 13.4. The van der Waals surface area contributed by atoms with Gasteiger partial charge in [-0.05, 0) is 47.7 Å². The summed E-state index contributed by atoms with van der Waals surface area (Å²) >= 11 is 0. The van der Waals surface area contributed by atoms with Gasteiger partial charge in [-0.3, -0.25) is 0 Å². The maximum atomic E-state index is 3.47. The molecule has 0 aliphatic carbocycles. The van der Waals surface area contributed by atoms with Crippen LogP contribution in [0.25, 0.3) is 0 Å². The molecule has 0 saturated heterocycles. The molecule has 0 aromatic heterocycles. The lowest BCUT2D eigenvalue weighted by Crippen LogP contribution is -2.33. The molecule has 0 fully saturated rings. The van der Waals surface area contributed by atoms with Gasteiger partial charge < -0.3 is 10.2 Å². The first-order valence-electron chi connectivity index (χ1n) is 7.55. The predicted molar refractivity (Wildman–Crippen MR) is 83.0 cm³/mol. The number of fused-ring (bicyclic) bond motifs is 2. The second kappa shape index (κ2) is 4.95. The maximum Gasteiger partial charge on any atom is 0.0432 e. The number of anilines is 1. The minimum atomic E-state index is 1.02. The molecular weight excluding hydrogens is 244 g/mol. The quantitative estimate of drug-likeness (QED) is 0.852. The van der Waals surface area contributed by atoms with Crippen LogP contribution in [0, 0.1) is 0 Å².